The molecule has 162 valence electrons. The van der Waals surface area contributed by atoms with Crippen molar-refractivity contribution in [1.29, 1.82) is 0 Å². The van der Waals surface area contributed by atoms with Gasteiger partial charge in [0.1, 0.15) is 6.54 Å². The quantitative estimate of drug-likeness (QED) is 0.585. The Balaban J connectivity index is 2.22. The van der Waals surface area contributed by atoms with Gasteiger partial charge in [-0.3, -0.25) is 13.9 Å². The highest BCUT2D eigenvalue weighted by Crippen LogP contribution is 2.25. The molecule has 0 spiro atoms. The lowest BCUT2D eigenvalue weighted by Crippen LogP contribution is -2.38. The van der Waals surface area contributed by atoms with Crippen LogP contribution in [0.5, 0.6) is 0 Å². The van der Waals surface area contributed by atoms with Gasteiger partial charge in [-0.25, -0.2) is 8.42 Å². The zero-order chi connectivity index (χ0) is 22.5. The van der Waals surface area contributed by atoms with Crippen molar-refractivity contribution >= 4 is 49.1 Å². The predicted molar refractivity (Wildman–Crippen MR) is 123 cm³/mol. The number of hydrogen-bond donors (Lipinski definition) is 2. The third kappa shape index (κ3) is 6.56. The van der Waals surface area contributed by atoms with Gasteiger partial charge < -0.3 is 10.6 Å². The molecule has 0 aromatic heterocycles. The fourth-order valence-corrected chi connectivity index (χ4v) is 3.78. The molecule has 0 saturated heterocycles. The fraction of sp³-hybridized carbons (Fsp3) is 0.333. The molecule has 2 rings (SSSR count). The Bertz CT molecular complexity index is 1040. The predicted octanol–water partition coefficient (Wildman–Crippen LogP) is 3.55. The first-order valence-corrected chi connectivity index (χ1v) is 12.0. The molecule has 0 radical (unpaired) electrons. The van der Waals surface area contributed by atoms with Crippen molar-refractivity contribution in [2.45, 2.75) is 20.8 Å². The number of aryl methyl sites for hydroxylation is 1. The maximum atomic E-state index is 12.7. The second kappa shape index (κ2) is 10.1. The molecule has 2 aromatic rings. The van der Waals surface area contributed by atoms with Crippen molar-refractivity contribution in [1.82, 2.24) is 5.32 Å². The number of anilines is 2. The minimum absolute atomic E-state index is 0.286. The number of carbonyl (C=O) groups excluding carboxylic acids is 2. The van der Waals surface area contributed by atoms with Gasteiger partial charge in [-0.1, -0.05) is 41.9 Å². The highest BCUT2D eigenvalue weighted by molar-refractivity contribution is 9.10. The standard InChI is InChI=1S/C21H26BrN3O4S/c1-14(2)12-23-21(27)17-7-5-6-8-19(17)24-20(26)13-25(30(4,28)29)16-9-10-18(22)15(3)11-16/h5-11,14H,12-13H2,1-4H3,(H,23,27)(H,24,26). The van der Waals surface area contributed by atoms with Crippen LogP contribution in [0.3, 0.4) is 0 Å². The van der Waals surface area contributed by atoms with Crippen LogP contribution in [-0.4, -0.2) is 39.6 Å². The van der Waals surface area contributed by atoms with E-state index in [-0.39, 0.29) is 11.8 Å². The third-order valence-corrected chi connectivity index (χ3v) is 6.26. The zero-order valence-corrected chi connectivity index (χ0v) is 19.8. The number of rotatable bonds is 8. The number of amides is 2. The van der Waals surface area contributed by atoms with Gasteiger partial charge in [0.2, 0.25) is 15.9 Å². The molecule has 0 aliphatic heterocycles. The summed E-state index contributed by atoms with van der Waals surface area (Å²) in [6.07, 6.45) is 1.05. The smallest absolute Gasteiger partial charge is 0.253 e. The summed E-state index contributed by atoms with van der Waals surface area (Å²) >= 11 is 3.38. The maximum Gasteiger partial charge on any atom is 0.253 e. The second-order valence-electron chi connectivity index (χ2n) is 7.40. The number of carbonyl (C=O) groups is 2. The van der Waals surface area contributed by atoms with Gasteiger partial charge in [-0.05, 0) is 48.7 Å². The third-order valence-electron chi connectivity index (χ3n) is 4.23. The molecule has 0 atom stereocenters. The van der Waals surface area contributed by atoms with E-state index in [2.05, 4.69) is 26.6 Å². The van der Waals surface area contributed by atoms with Crippen LogP contribution in [0.1, 0.15) is 29.8 Å². The first-order chi connectivity index (χ1) is 14.0. The monoisotopic (exact) mass is 495 g/mol. The largest absolute Gasteiger partial charge is 0.352 e. The van der Waals surface area contributed by atoms with E-state index in [0.717, 1.165) is 20.6 Å². The topological polar surface area (TPSA) is 95.6 Å². The molecule has 2 aromatic carbocycles. The number of halogens is 1. The van der Waals surface area contributed by atoms with Gasteiger partial charge in [-0.15, -0.1) is 0 Å². The highest BCUT2D eigenvalue weighted by atomic mass is 79.9. The molecule has 7 nitrogen and oxygen atoms in total. The van der Waals surface area contributed by atoms with E-state index in [9.17, 15) is 18.0 Å². The summed E-state index contributed by atoms with van der Waals surface area (Å²) in [5, 5.41) is 5.48. The lowest BCUT2D eigenvalue weighted by atomic mass is 10.1. The van der Waals surface area contributed by atoms with Crippen LogP contribution in [-0.2, 0) is 14.8 Å². The maximum absolute atomic E-state index is 12.7. The second-order valence-corrected chi connectivity index (χ2v) is 10.2. The molecular weight excluding hydrogens is 470 g/mol. The summed E-state index contributed by atoms with van der Waals surface area (Å²) in [6.45, 7) is 5.89. The van der Waals surface area contributed by atoms with Crippen LogP contribution in [0.25, 0.3) is 0 Å². The van der Waals surface area contributed by atoms with Crippen LogP contribution >= 0.6 is 15.9 Å². The molecular formula is C21H26BrN3O4S. The van der Waals surface area contributed by atoms with Gasteiger partial charge >= 0.3 is 0 Å². The Morgan fingerprint density at radius 3 is 2.40 bits per heavy atom. The van der Waals surface area contributed by atoms with Gasteiger partial charge in [0.15, 0.2) is 0 Å². The highest BCUT2D eigenvalue weighted by Gasteiger charge is 2.22. The summed E-state index contributed by atoms with van der Waals surface area (Å²) in [5.74, 6) is -0.568. The van der Waals surface area contributed by atoms with Gasteiger partial charge in [0.25, 0.3) is 5.91 Å². The lowest BCUT2D eigenvalue weighted by Gasteiger charge is -2.23. The Kier molecular flexibility index (Phi) is 8.03. The number of hydrogen-bond acceptors (Lipinski definition) is 4. The number of sulfonamides is 1. The first-order valence-electron chi connectivity index (χ1n) is 9.40. The zero-order valence-electron chi connectivity index (χ0n) is 17.4. The Labute approximate surface area is 186 Å². The van der Waals surface area contributed by atoms with Gasteiger partial charge in [0.05, 0.1) is 23.2 Å². The summed E-state index contributed by atoms with van der Waals surface area (Å²) in [6, 6.07) is 11.7. The molecule has 0 saturated carbocycles. The average Bonchev–Trinajstić information content (AvgIpc) is 2.66. The molecule has 9 heteroatoms. The van der Waals surface area contributed by atoms with Crippen LogP contribution in [0.4, 0.5) is 11.4 Å². The van der Waals surface area contributed by atoms with Crippen molar-refractivity contribution in [2.24, 2.45) is 5.92 Å². The number of nitrogens with zero attached hydrogens (tertiary/aromatic N) is 1. The number of benzene rings is 2. The van der Waals surface area contributed by atoms with Crippen molar-refractivity contribution in [3.63, 3.8) is 0 Å². The molecule has 0 aliphatic rings. The van der Waals surface area contributed by atoms with Crippen molar-refractivity contribution in [2.75, 3.05) is 29.0 Å². The lowest BCUT2D eigenvalue weighted by molar-refractivity contribution is -0.114. The van der Waals surface area contributed by atoms with Crippen LogP contribution in [0, 0.1) is 12.8 Å². The van der Waals surface area contributed by atoms with Gasteiger partial charge in [0, 0.05) is 11.0 Å². The van der Waals surface area contributed by atoms with E-state index in [1.165, 1.54) is 0 Å². The molecule has 0 unspecified atom stereocenters. The molecule has 0 fully saturated rings. The first kappa shape index (κ1) is 23.9. The fourth-order valence-electron chi connectivity index (χ4n) is 2.69. The van der Waals surface area contributed by atoms with E-state index in [4.69, 9.17) is 0 Å². The molecule has 0 heterocycles. The van der Waals surface area contributed by atoms with Crippen molar-refractivity contribution in [3.05, 3.63) is 58.1 Å². The number of nitrogens with one attached hydrogen (secondary N) is 2. The Morgan fingerprint density at radius 2 is 1.80 bits per heavy atom. The van der Waals surface area contributed by atoms with Crippen LogP contribution in [0.2, 0.25) is 0 Å². The molecule has 0 bridgehead atoms. The normalized spacial score (nSPS) is 11.3. The summed E-state index contributed by atoms with van der Waals surface area (Å²) in [7, 11) is -3.70. The minimum atomic E-state index is -3.70. The van der Waals surface area contributed by atoms with Crippen LogP contribution < -0.4 is 14.9 Å². The average molecular weight is 496 g/mol. The molecule has 30 heavy (non-hydrogen) atoms. The summed E-state index contributed by atoms with van der Waals surface area (Å²) in [4.78, 5) is 25.1. The van der Waals surface area contributed by atoms with Crippen molar-refractivity contribution < 1.29 is 18.0 Å². The van der Waals surface area contributed by atoms with Crippen molar-refractivity contribution in [3.8, 4) is 0 Å². The van der Waals surface area contributed by atoms with E-state index < -0.39 is 22.5 Å². The van der Waals surface area contributed by atoms with E-state index in [1.54, 1.807) is 42.5 Å². The van der Waals surface area contributed by atoms with E-state index >= 15 is 0 Å². The van der Waals surface area contributed by atoms with Gasteiger partial charge in [-0.2, -0.15) is 0 Å². The Hall–Kier alpha value is -2.39. The Morgan fingerprint density at radius 1 is 1.13 bits per heavy atom. The minimum Gasteiger partial charge on any atom is -0.352 e. The number of para-hydroxylation sites is 1. The SMILES string of the molecule is Cc1cc(N(CC(=O)Nc2ccccc2C(=O)NCC(C)C)S(C)(=O)=O)ccc1Br. The molecule has 2 N–H and O–H groups in total. The molecule has 2 amide bonds. The summed E-state index contributed by atoms with van der Waals surface area (Å²) < 4.78 is 26.5. The van der Waals surface area contributed by atoms with Crippen LogP contribution in [0.15, 0.2) is 46.9 Å². The van der Waals surface area contributed by atoms with E-state index in [1.807, 2.05) is 20.8 Å². The summed E-state index contributed by atoms with van der Waals surface area (Å²) in [5.41, 5.74) is 1.87. The molecule has 0 aliphatic carbocycles. The van der Waals surface area contributed by atoms with E-state index in [0.29, 0.717) is 23.5 Å².